The molecule has 0 aromatic heterocycles. The van der Waals surface area contributed by atoms with Crippen molar-refractivity contribution in [1.29, 1.82) is 0 Å². The molecule has 4 heteroatoms. The number of methoxy groups -OCH3 is 1. The predicted molar refractivity (Wildman–Crippen MR) is 154 cm³/mol. The Balaban J connectivity index is 2.51. The van der Waals surface area contributed by atoms with Crippen molar-refractivity contribution in [3.8, 4) is 0 Å². The SMILES string of the molecule is COC1=C(CC=C(C)C)C(=O)[C@@]2(CC=C(C)C)C[C@H](CC=C(C)C)C(C)(C)[C@]1(C(=O)c1ccccc1)C2=O. The van der Waals surface area contributed by atoms with Crippen molar-refractivity contribution in [3.63, 3.8) is 0 Å². The summed E-state index contributed by atoms with van der Waals surface area (Å²) >= 11 is 0. The van der Waals surface area contributed by atoms with Crippen LogP contribution in [0.25, 0.3) is 0 Å². The highest BCUT2D eigenvalue weighted by atomic mass is 16.5. The molecule has 204 valence electrons. The van der Waals surface area contributed by atoms with Gasteiger partial charge in [0.15, 0.2) is 22.8 Å². The Morgan fingerprint density at radius 3 is 2.03 bits per heavy atom. The van der Waals surface area contributed by atoms with Gasteiger partial charge >= 0.3 is 0 Å². The van der Waals surface area contributed by atoms with Gasteiger partial charge in [0, 0.05) is 11.1 Å². The number of carbonyl (C=O) groups is 3. The van der Waals surface area contributed by atoms with E-state index in [0.717, 1.165) is 11.1 Å². The summed E-state index contributed by atoms with van der Waals surface area (Å²) in [6, 6.07) is 9.01. The van der Waals surface area contributed by atoms with E-state index in [9.17, 15) is 9.59 Å². The van der Waals surface area contributed by atoms with Crippen molar-refractivity contribution >= 4 is 17.3 Å². The van der Waals surface area contributed by atoms with Crippen molar-refractivity contribution < 1.29 is 19.1 Å². The van der Waals surface area contributed by atoms with Crippen LogP contribution in [-0.4, -0.2) is 24.5 Å². The molecule has 0 N–H and O–H groups in total. The molecule has 1 fully saturated rings. The Labute approximate surface area is 228 Å². The highest BCUT2D eigenvalue weighted by Gasteiger charge is 2.74. The van der Waals surface area contributed by atoms with Crippen LogP contribution in [0.15, 0.2) is 76.6 Å². The fourth-order valence-electron chi connectivity index (χ4n) is 6.41. The monoisotopic (exact) mass is 516 g/mol. The highest BCUT2D eigenvalue weighted by Crippen LogP contribution is 2.67. The third-order valence-corrected chi connectivity index (χ3v) is 8.65. The van der Waals surface area contributed by atoms with Gasteiger partial charge in [0.25, 0.3) is 0 Å². The van der Waals surface area contributed by atoms with Gasteiger partial charge in [-0.2, -0.15) is 0 Å². The van der Waals surface area contributed by atoms with Crippen LogP contribution in [-0.2, 0) is 14.3 Å². The van der Waals surface area contributed by atoms with Crippen molar-refractivity contribution in [3.05, 3.63) is 82.2 Å². The van der Waals surface area contributed by atoms with Crippen LogP contribution in [0.1, 0.15) is 91.4 Å². The maximum atomic E-state index is 15.0. The second kappa shape index (κ2) is 11.0. The summed E-state index contributed by atoms with van der Waals surface area (Å²) in [5.41, 5.74) is 0.442. The molecule has 1 saturated carbocycles. The van der Waals surface area contributed by atoms with E-state index in [1.165, 1.54) is 12.7 Å². The van der Waals surface area contributed by atoms with Crippen LogP contribution >= 0.6 is 0 Å². The number of carbonyl (C=O) groups excluding carboxylic acids is 3. The number of Topliss-reactive ketones (excluding diaryl/α,β-unsaturated/α-hetero) is 3. The first-order chi connectivity index (χ1) is 17.8. The van der Waals surface area contributed by atoms with E-state index < -0.39 is 16.2 Å². The fourth-order valence-corrected chi connectivity index (χ4v) is 6.41. The van der Waals surface area contributed by atoms with E-state index in [1.54, 1.807) is 12.1 Å². The number of allylic oxidation sites excluding steroid dienone is 8. The zero-order chi connectivity index (χ0) is 28.5. The number of rotatable bonds is 9. The number of ether oxygens (including phenoxy) is 1. The lowest BCUT2D eigenvalue weighted by Gasteiger charge is -2.60. The smallest absolute Gasteiger partial charge is 0.184 e. The third-order valence-electron chi connectivity index (χ3n) is 8.65. The first-order valence-corrected chi connectivity index (χ1v) is 13.6. The van der Waals surface area contributed by atoms with Gasteiger partial charge in [-0.25, -0.2) is 0 Å². The third kappa shape index (κ3) is 4.67. The average Bonchev–Trinajstić information content (AvgIpc) is 2.85. The highest BCUT2D eigenvalue weighted by molar-refractivity contribution is 6.30. The maximum absolute atomic E-state index is 15.0. The Bertz CT molecular complexity index is 1230. The van der Waals surface area contributed by atoms with Crippen molar-refractivity contribution in [2.75, 3.05) is 7.11 Å². The van der Waals surface area contributed by atoms with Crippen LogP contribution in [0.4, 0.5) is 0 Å². The number of hydrogen-bond acceptors (Lipinski definition) is 4. The standard InChI is InChI=1S/C34H44O4/c1-22(2)15-17-26-21-33(20-19-24(5)6)29(36)27(18-16-23(3)4)30(38-9)34(31(33)37,32(26,7)8)28(35)25-13-11-10-12-14-25/h10-16,19,26H,17-18,20-21H2,1-9H3/t26-,33+,34-/m0/s1. The molecule has 3 rings (SSSR count). The normalized spacial score (nSPS) is 26.0. The Hall–Kier alpha value is -3.01. The van der Waals surface area contributed by atoms with Gasteiger partial charge in [-0.05, 0) is 78.6 Å². The molecule has 2 aliphatic carbocycles. The molecule has 4 nitrogen and oxygen atoms in total. The molecule has 2 bridgehead atoms. The van der Waals surface area contributed by atoms with Gasteiger partial charge in [0.1, 0.15) is 5.76 Å². The lowest BCUT2D eigenvalue weighted by Crippen LogP contribution is -2.68. The van der Waals surface area contributed by atoms with Crippen molar-refractivity contribution in [1.82, 2.24) is 0 Å². The molecule has 38 heavy (non-hydrogen) atoms. The minimum absolute atomic E-state index is 0.0903. The van der Waals surface area contributed by atoms with Crippen LogP contribution in [0, 0.1) is 22.2 Å². The summed E-state index contributed by atoms with van der Waals surface area (Å²) in [6.45, 7) is 16.1. The summed E-state index contributed by atoms with van der Waals surface area (Å²) in [6.07, 6.45) is 7.83. The van der Waals surface area contributed by atoms with Gasteiger partial charge in [-0.1, -0.05) is 79.1 Å². The lowest BCUT2D eigenvalue weighted by atomic mass is 9.39. The first kappa shape index (κ1) is 29.5. The molecule has 0 heterocycles. The quantitative estimate of drug-likeness (QED) is 0.189. The Morgan fingerprint density at radius 1 is 0.921 bits per heavy atom. The molecule has 0 amide bonds. The van der Waals surface area contributed by atoms with E-state index in [4.69, 9.17) is 4.74 Å². The Morgan fingerprint density at radius 2 is 1.50 bits per heavy atom. The van der Waals surface area contributed by atoms with Gasteiger partial charge in [-0.3, -0.25) is 14.4 Å². The van der Waals surface area contributed by atoms with Crippen LogP contribution in [0.5, 0.6) is 0 Å². The first-order valence-electron chi connectivity index (χ1n) is 13.6. The summed E-state index contributed by atoms with van der Waals surface area (Å²) in [5.74, 6) is -0.636. The molecule has 1 aromatic rings. The number of ketones is 3. The average molecular weight is 517 g/mol. The van der Waals surface area contributed by atoms with E-state index in [2.05, 4.69) is 19.9 Å². The molecule has 3 atom stereocenters. The number of fused-ring (bicyclic) bond motifs is 2. The fraction of sp³-hybridized carbons (Fsp3) is 0.500. The zero-order valence-electron chi connectivity index (χ0n) is 24.7. The van der Waals surface area contributed by atoms with Crippen molar-refractivity contribution in [2.24, 2.45) is 22.2 Å². The molecule has 0 spiro atoms. The molecule has 0 aliphatic heterocycles. The lowest BCUT2D eigenvalue weighted by molar-refractivity contribution is -0.164. The number of hydrogen-bond donors (Lipinski definition) is 0. The van der Waals surface area contributed by atoms with E-state index in [0.29, 0.717) is 30.4 Å². The molecular weight excluding hydrogens is 472 g/mol. The van der Waals surface area contributed by atoms with Crippen LogP contribution in [0.2, 0.25) is 0 Å². The summed E-state index contributed by atoms with van der Waals surface area (Å²) in [7, 11) is 1.50. The zero-order valence-corrected chi connectivity index (χ0v) is 24.7. The molecule has 1 aromatic carbocycles. The second-order valence-electron chi connectivity index (χ2n) is 12.3. The van der Waals surface area contributed by atoms with Gasteiger partial charge in [0.05, 0.1) is 12.5 Å². The Kier molecular flexibility index (Phi) is 8.55. The summed E-state index contributed by atoms with van der Waals surface area (Å²) < 4.78 is 6.05. The number of benzene rings is 1. The van der Waals surface area contributed by atoms with E-state index in [-0.39, 0.29) is 35.4 Å². The van der Waals surface area contributed by atoms with Gasteiger partial charge in [0.2, 0.25) is 0 Å². The molecule has 0 radical (unpaired) electrons. The summed E-state index contributed by atoms with van der Waals surface area (Å²) in [4.78, 5) is 44.3. The largest absolute Gasteiger partial charge is 0.499 e. The second-order valence-corrected chi connectivity index (χ2v) is 12.3. The molecule has 0 unspecified atom stereocenters. The molecule has 0 saturated heterocycles. The maximum Gasteiger partial charge on any atom is 0.184 e. The minimum atomic E-state index is -1.62. The summed E-state index contributed by atoms with van der Waals surface area (Å²) in [5, 5.41) is 0. The molecule has 2 aliphatic rings. The topological polar surface area (TPSA) is 60.4 Å². The predicted octanol–water partition coefficient (Wildman–Crippen LogP) is 8.01. The van der Waals surface area contributed by atoms with Crippen molar-refractivity contribution in [2.45, 2.75) is 81.1 Å². The van der Waals surface area contributed by atoms with E-state index in [1.807, 2.05) is 71.9 Å². The van der Waals surface area contributed by atoms with Crippen LogP contribution < -0.4 is 0 Å². The molecular formula is C34H44O4. The van der Waals surface area contributed by atoms with Gasteiger partial charge in [-0.15, -0.1) is 0 Å². The van der Waals surface area contributed by atoms with Gasteiger partial charge < -0.3 is 4.74 Å². The van der Waals surface area contributed by atoms with Crippen LogP contribution in [0.3, 0.4) is 0 Å². The minimum Gasteiger partial charge on any atom is -0.499 e. The van der Waals surface area contributed by atoms with E-state index >= 15 is 4.79 Å².